The van der Waals surface area contributed by atoms with Crippen molar-refractivity contribution in [3.63, 3.8) is 0 Å². The van der Waals surface area contributed by atoms with Gasteiger partial charge in [0.1, 0.15) is 10.2 Å². The van der Waals surface area contributed by atoms with E-state index in [9.17, 15) is 4.79 Å². The number of ether oxygens (including phenoxy) is 1. The van der Waals surface area contributed by atoms with Gasteiger partial charge in [-0.1, -0.05) is 36.5 Å². The van der Waals surface area contributed by atoms with Crippen molar-refractivity contribution in [3.8, 4) is 5.82 Å². The first-order chi connectivity index (χ1) is 10.2. The van der Waals surface area contributed by atoms with Gasteiger partial charge < -0.3 is 4.74 Å². The number of rotatable bonds is 3. The van der Waals surface area contributed by atoms with Gasteiger partial charge in [0.05, 0.1) is 6.61 Å². The van der Waals surface area contributed by atoms with E-state index >= 15 is 0 Å². The molecule has 0 saturated carbocycles. The lowest BCUT2D eigenvalue weighted by Crippen LogP contribution is -2.05. The summed E-state index contributed by atoms with van der Waals surface area (Å²) in [6.07, 6.45) is 3.26. The molecule has 5 nitrogen and oxygen atoms in total. The lowest BCUT2D eigenvalue weighted by atomic mass is 10.1. The van der Waals surface area contributed by atoms with Crippen LogP contribution in [-0.2, 0) is 4.74 Å². The molecule has 6 heteroatoms. The summed E-state index contributed by atoms with van der Waals surface area (Å²) in [7, 11) is 0. The molecule has 0 radical (unpaired) electrons. The molecule has 1 N–H and O–H groups in total. The fourth-order valence-electron chi connectivity index (χ4n) is 2.16. The van der Waals surface area contributed by atoms with Crippen molar-refractivity contribution in [1.82, 2.24) is 14.8 Å². The fourth-order valence-corrected chi connectivity index (χ4v) is 2.45. The predicted octanol–water partition coefficient (Wildman–Crippen LogP) is 3.26. The van der Waals surface area contributed by atoms with E-state index in [-0.39, 0.29) is 0 Å². The second kappa shape index (κ2) is 5.49. The van der Waals surface area contributed by atoms with Crippen molar-refractivity contribution in [1.29, 1.82) is 0 Å². The van der Waals surface area contributed by atoms with E-state index in [4.69, 9.17) is 17.0 Å². The van der Waals surface area contributed by atoms with Crippen molar-refractivity contribution in [2.75, 3.05) is 6.61 Å². The molecule has 0 amide bonds. The van der Waals surface area contributed by atoms with Crippen LogP contribution in [0.5, 0.6) is 0 Å². The lowest BCUT2D eigenvalue weighted by Gasteiger charge is -2.06. The highest BCUT2D eigenvalue weighted by atomic mass is 32.1. The molecule has 0 aliphatic heterocycles. The van der Waals surface area contributed by atoms with E-state index in [1.807, 2.05) is 30.3 Å². The van der Waals surface area contributed by atoms with Gasteiger partial charge in [-0.05, 0) is 18.4 Å². The maximum absolute atomic E-state index is 11.8. The van der Waals surface area contributed by atoms with Crippen molar-refractivity contribution < 1.29 is 9.53 Å². The van der Waals surface area contributed by atoms with Gasteiger partial charge in [0.15, 0.2) is 5.82 Å². The molecule has 2 heterocycles. The van der Waals surface area contributed by atoms with Crippen LogP contribution in [0.4, 0.5) is 0 Å². The van der Waals surface area contributed by atoms with Crippen LogP contribution in [0.25, 0.3) is 16.6 Å². The number of aromatic nitrogens is 3. The number of aromatic amines is 1. The zero-order chi connectivity index (χ0) is 14.8. The predicted molar refractivity (Wildman–Crippen MR) is 82.2 cm³/mol. The van der Waals surface area contributed by atoms with E-state index in [2.05, 4.69) is 10.1 Å². The largest absolute Gasteiger partial charge is 0.462 e. The van der Waals surface area contributed by atoms with Gasteiger partial charge in [0, 0.05) is 17.8 Å². The van der Waals surface area contributed by atoms with Crippen molar-refractivity contribution in [2.24, 2.45) is 0 Å². The summed E-state index contributed by atoms with van der Waals surface area (Å²) in [6, 6.07) is 9.79. The van der Waals surface area contributed by atoms with Crippen LogP contribution < -0.4 is 0 Å². The number of benzene rings is 1. The molecule has 2 aromatic heterocycles. The second-order valence-corrected chi connectivity index (χ2v) is 4.79. The lowest BCUT2D eigenvalue weighted by molar-refractivity contribution is 0.0525. The molecule has 0 bridgehead atoms. The molecule has 0 atom stereocenters. The summed E-state index contributed by atoms with van der Waals surface area (Å²) < 4.78 is 6.96. The Morgan fingerprint density at radius 1 is 1.38 bits per heavy atom. The van der Waals surface area contributed by atoms with E-state index in [1.165, 1.54) is 0 Å². The first kappa shape index (κ1) is 13.5. The van der Waals surface area contributed by atoms with Crippen molar-refractivity contribution in [2.45, 2.75) is 6.92 Å². The number of nitrogens with zero attached hydrogens (tertiary/aromatic N) is 2. The highest BCUT2D eigenvalue weighted by Gasteiger charge is 2.15. The molecule has 0 unspecified atom stereocenters. The maximum atomic E-state index is 11.8. The standard InChI is InChI=1S/C15H13N3O2S/c1-2-20-15(19)12-9-17-18(14(12)21)13-11-6-4-3-5-10(11)7-8-16-13/h3-9,17H,2H2,1H3. The normalized spacial score (nSPS) is 10.7. The number of pyridine rings is 1. The molecule has 0 fully saturated rings. The number of nitrogens with one attached hydrogen (secondary N) is 1. The number of carbonyl (C=O) groups is 1. The van der Waals surface area contributed by atoms with Crippen molar-refractivity contribution in [3.05, 3.63) is 52.9 Å². The summed E-state index contributed by atoms with van der Waals surface area (Å²) in [4.78, 5) is 16.2. The number of hydrogen-bond donors (Lipinski definition) is 1. The molecule has 0 aliphatic carbocycles. The molecule has 0 spiro atoms. The molecule has 0 aliphatic rings. The van der Waals surface area contributed by atoms with E-state index in [0.29, 0.717) is 22.6 Å². The van der Waals surface area contributed by atoms with Gasteiger partial charge in [0.25, 0.3) is 0 Å². The van der Waals surface area contributed by atoms with Crippen LogP contribution in [0.15, 0.2) is 42.7 Å². The number of carbonyl (C=O) groups excluding carboxylic acids is 1. The zero-order valence-corrected chi connectivity index (χ0v) is 12.2. The highest BCUT2D eigenvalue weighted by molar-refractivity contribution is 7.71. The third-order valence-electron chi connectivity index (χ3n) is 3.13. The van der Waals surface area contributed by atoms with E-state index in [1.54, 1.807) is 24.0 Å². The Labute approximate surface area is 126 Å². The number of esters is 1. The quantitative estimate of drug-likeness (QED) is 0.595. The third-order valence-corrected chi connectivity index (χ3v) is 3.53. The summed E-state index contributed by atoms with van der Waals surface area (Å²) in [5, 5.41) is 4.98. The van der Waals surface area contributed by atoms with Gasteiger partial charge in [-0.25, -0.2) is 14.5 Å². The minimum absolute atomic E-state index is 0.311. The van der Waals surface area contributed by atoms with Crippen LogP contribution in [-0.4, -0.2) is 27.3 Å². The molecule has 1 aromatic carbocycles. The van der Waals surface area contributed by atoms with Crippen LogP contribution in [0, 0.1) is 4.64 Å². The summed E-state index contributed by atoms with van der Waals surface area (Å²) >= 11 is 5.35. The Morgan fingerprint density at radius 3 is 3.00 bits per heavy atom. The van der Waals surface area contributed by atoms with E-state index in [0.717, 1.165) is 10.8 Å². The van der Waals surface area contributed by atoms with Crippen LogP contribution in [0.3, 0.4) is 0 Å². The Hall–Kier alpha value is -2.47. The summed E-state index contributed by atoms with van der Waals surface area (Å²) in [5.74, 6) is 0.228. The maximum Gasteiger partial charge on any atom is 0.342 e. The molecule has 21 heavy (non-hydrogen) atoms. The first-order valence-corrected chi connectivity index (χ1v) is 6.95. The van der Waals surface area contributed by atoms with Crippen molar-refractivity contribution >= 4 is 29.0 Å². The fraction of sp³-hybridized carbons (Fsp3) is 0.133. The molecular weight excluding hydrogens is 286 g/mol. The average molecular weight is 299 g/mol. The zero-order valence-electron chi connectivity index (χ0n) is 11.4. The Morgan fingerprint density at radius 2 is 2.19 bits per heavy atom. The Balaban J connectivity index is 2.16. The second-order valence-electron chi connectivity index (χ2n) is 4.40. The molecule has 106 valence electrons. The van der Waals surface area contributed by atoms with E-state index < -0.39 is 5.97 Å². The number of H-pyrrole nitrogens is 1. The Kier molecular flexibility index (Phi) is 3.53. The van der Waals surface area contributed by atoms with Gasteiger partial charge in [-0.15, -0.1) is 0 Å². The van der Waals surface area contributed by atoms with Gasteiger partial charge in [0.2, 0.25) is 0 Å². The Bertz CT molecular complexity index is 861. The van der Waals surface area contributed by atoms with Gasteiger partial charge >= 0.3 is 5.97 Å². The minimum Gasteiger partial charge on any atom is -0.462 e. The molecule has 3 aromatic rings. The molecule has 3 rings (SSSR count). The monoisotopic (exact) mass is 299 g/mol. The third kappa shape index (κ3) is 2.34. The highest BCUT2D eigenvalue weighted by Crippen LogP contribution is 2.20. The summed E-state index contributed by atoms with van der Waals surface area (Å²) in [5.41, 5.74) is 0.335. The van der Waals surface area contributed by atoms with Crippen LogP contribution in [0.1, 0.15) is 17.3 Å². The number of fused-ring (bicyclic) bond motifs is 1. The molecular formula is C15H13N3O2S. The first-order valence-electron chi connectivity index (χ1n) is 6.54. The van der Waals surface area contributed by atoms with Gasteiger partial charge in [-0.3, -0.25) is 5.10 Å². The van der Waals surface area contributed by atoms with Gasteiger partial charge in [-0.2, -0.15) is 0 Å². The SMILES string of the molecule is CCOC(=O)c1c[nH]n(-c2nccc3ccccc23)c1=S. The van der Waals surface area contributed by atoms with Crippen LogP contribution >= 0.6 is 12.2 Å². The summed E-state index contributed by atoms with van der Waals surface area (Å²) in [6.45, 7) is 2.07. The topological polar surface area (TPSA) is 59.9 Å². The minimum atomic E-state index is -0.433. The van der Waals surface area contributed by atoms with Crippen LogP contribution in [0.2, 0.25) is 0 Å². The smallest absolute Gasteiger partial charge is 0.342 e. The average Bonchev–Trinajstić information content (AvgIpc) is 2.88. The number of hydrogen-bond acceptors (Lipinski definition) is 4. The molecule has 0 saturated heterocycles.